The van der Waals surface area contributed by atoms with E-state index in [9.17, 15) is 14.7 Å². The van der Waals surface area contributed by atoms with Crippen molar-refractivity contribution >= 4 is 11.8 Å². The molecule has 4 N–H and O–H groups in total. The van der Waals surface area contributed by atoms with Gasteiger partial charge in [-0.25, -0.2) is 0 Å². The first-order chi connectivity index (χ1) is 11.5. The summed E-state index contributed by atoms with van der Waals surface area (Å²) >= 11 is 0. The fraction of sp³-hybridized carbons (Fsp3) is 0.222. The molecule has 2 unspecified atom stereocenters. The third kappa shape index (κ3) is 4.82. The molecule has 24 heavy (non-hydrogen) atoms. The summed E-state index contributed by atoms with van der Waals surface area (Å²) < 4.78 is 5.37. The highest BCUT2D eigenvalue weighted by atomic mass is 16.5. The highest BCUT2D eigenvalue weighted by molar-refractivity contribution is 5.87. The average molecular weight is 328 g/mol. The van der Waals surface area contributed by atoms with Crippen LogP contribution >= 0.6 is 0 Å². The Morgan fingerprint density at radius 2 is 1.67 bits per heavy atom. The molecule has 0 aliphatic rings. The van der Waals surface area contributed by atoms with Gasteiger partial charge in [-0.3, -0.25) is 9.59 Å². The van der Waals surface area contributed by atoms with E-state index < -0.39 is 24.0 Å². The molecule has 0 aliphatic carbocycles. The first kappa shape index (κ1) is 17.5. The zero-order valence-corrected chi connectivity index (χ0v) is 13.3. The number of nitrogens with one attached hydrogen (secondary N) is 1. The third-order valence-electron chi connectivity index (χ3n) is 3.44. The van der Waals surface area contributed by atoms with Crippen LogP contribution in [0.15, 0.2) is 54.6 Å². The first-order valence-corrected chi connectivity index (χ1v) is 7.52. The van der Waals surface area contributed by atoms with E-state index >= 15 is 0 Å². The summed E-state index contributed by atoms with van der Waals surface area (Å²) in [6, 6.07) is 16.0. The van der Waals surface area contributed by atoms with Crippen LogP contribution in [0.1, 0.15) is 6.92 Å². The van der Waals surface area contributed by atoms with Gasteiger partial charge in [0.05, 0.1) is 6.10 Å². The molecular formula is C18H20N2O4. The predicted octanol–water partition coefficient (Wildman–Crippen LogP) is 1.08. The quantitative estimate of drug-likeness (QED) is 0.708. The number of rotatable bonds is 7. The normalized spacial score (nSPS) is 12.9. The van der Waals surface area contributed by atoms with Crippen molar-refractivity contribution in [3.8, 4) is 16.9 Å². The van der Waals surface area contributed by atoms with Gasteiger partial charge in [-0.05, 0) is 30.2 Å². The Kier molecular flexibility index (Phi) is 5.92. The van der Waals surface area contributed by atoms with Gasteiger partial charge in [-0.15, -0.1) is 0 Å². The van der Waals surface area contributed by atoms with Crippen LogP contribution in [0.25, 0.3) is 11.1 Å². The van der Waals surface area contributed by atoms with E-state index in [0.29, 0.717) is 5.75 Å². The van der Waals surface area contributed by atoms with Crippen LogP contribution in [0, 0.1) is 0 Å². The Balaban J connectivity index is 1.90. The molecule has 2 atom stereocenters. The van der Waals surface area contributed by atoms with E-state index in [1.165, 1.54) is 6.92 Å². The number of hydrogen-bond donors (Lipinski definition) is 3. The molecule has 2 aromatic carbocycles. The lowest BCUT2D eigenvalue weighted by molar-refractivity contribution is -0.130. The number of aliphatic hydroxyl groups excluding tert-OH is 1. The summed E-state index contributed by atoms with van der Waals surface area (Å²) in [7, 11) is 0. The standard InChI is InChI=1S/C18H20N2O4/c1-12(21)17(18(19)23)20-16(22)11-24-15-9-7-14(8-10-15)13-5-3-2-4-6-13/h2-10,12,17,21H,11H2,1H3,(H2,19,23)(H,20,22). The highest BCUT2D eigenvalue weighted by Crippen LogP contribution is 2.21. The summed E-state index contributed by atoms with van der Waals surface area (Å²) in [6.07, 6.45) is -1.07. The van der Waals surface area contributed by atoms with E-state index in [2.05, 4.69) is 5.32 Å². The van der Waals surface area contributed by atoms with Crippen molar-refractivity contribution in [1.29, 1.82) is 0 Å². The largest absolute Gasteiger partial charge is 0.484 e. The van der Waals surface area contributed by atoms with Crippen molar-refractivity contribution in [2.75, 3.05) is 6.61 Å². The average Bonchev–Trinajstić information content (AvgIpc) is 2.58. The van der Waals surface area contributed by atoms with Gasteiger partial charge < -0.3 is 20.9 Å². The van der Waals surface area contributed by atoms with Crippen LogP contribution in [-0.4, -0.2) is 35.7 Å². The molecule has 0 radical (unpaired) electrons. The van der Waals surface area contributed by atoms with Crippen LogP contribution in [0.3, 0.4) is 0 Å². The fourth-order valence-electron chi connectivity index (χ4n) is 2.17. The molecule has 2 amide bonds. The number of amides is 2. The maximum atomic E-state index is 11.8. The molecule has 126 valence electrons. The molecule has 2 rings (SSSR count). The first-order valence-electron chi connectivity index (χ1n) is 7.52. The number of ether oxygens (including phenoxy) is 1. The summed E-state index contributed by atoms with van der Waals surface area (Å²) in [5, 5.41) is 11.7. The second-order valence-corrected chi connectivity index (χ2v) is 5.37. The number of primary amides is 1. The van der Waals surface area contributed by atoms with Gasteiger partial charge >= 0.3 is 0 Å². The molecule has 0 saturated heterocycles. The Morgan fingerprint density at radius 1 is 1.08 bits per heavy atom. The van der Waals surface area contributed by atoms with Gasteiger partial charge in [-0.1, -0.05) is 42.5 Å². The number of carbonyl (C=O) groups is 2. The summed E-state index contributed by atoms with van der Waals surface area (Å²) in [5.41, 5.74) is 7.23. The zero-order valence-electron chi connectivity index (χ0n) is 13.3. The smallest absolute Gasteiger partial charge is 0.258 e. The predicted molar refractivity (Wildman–Crippen MR) is 90.2 cm³/mol. The lowest BCUT2D eigenvalue weighted by atomic mass is 10.1. The zero-order chi connectivity index (χ0) is 17.5. The van der Waals surface area contributed by atoms with Gasteiger partial charge in [0.2, 0.25) is 5.91 Å². The highest BCUT2D eigenvalue weighted by Gasteiger charge is 2.23. The van der Waals surface area contributed by atoms with E-state index in [1.54, 1.807) is 12.1 Å². The van der Waals surface area contributed by atoms with Gasteiger partial charge in [0.25, 0.3) is 5.91 Å². The molecule has 0 aliphatic heterocycles. The Bertz CT molecular complexity index is 684. The van der Waals surface area contributed by atoms with E-state index in [1.807, 2.05) is 42.5 Å². The molecule has 6 heteroatoms. The minimum absolute atomic E-state index is 0.277. The van der Waals surface area contributed by atoms with Gasteiger partial charge in [0.1, 0.15) is 11.8 Å². The van der Waals surface area contributed by atoms with E-state index in [0.717, 1.165) is 11.1 Å². The second kappa shape index (κ2) is 8.12. The van der Waals surface area contributed by atoms with Crippen molar-refractivity contribution < 1.29 is 19.4 Å². The van der Waals surface area contributed by atoms with Gasteiger partial charge in [0, 0.05) is 0 Å². The molecule has 6 nitrogen and oxygen atoms in total. The Morgan fingerprint density at radius 3 is 2.21 bits per heavy atom. The molecule has 0 aromatic heterocycles. The van der Waals surface area contributed by atoms with Gasteiger partial charge in [-0.2, -0.15) is 0 Å². The number of hydrogen-bond acceptors (Lipinski definition) is 4. The van der Waals surface area contributed by atoms with Crippen LogP contribution in [0.5, 0.6) is 5.75 Å². The van der Waals surface area contributed by atoms with Crippen LogP contribution < -0.4 is 15.8 Å². The second-order valence-electron chi connectivity index (χ2n) is 5.37. The molecule has 0 fully saturated rings. The number of nitrogens with two attached hydrogens (primary N) is 1. The Labute approximate surface area is 140 Å². The van der Waals surface area contributed by atoms with E-state index in [-0.39, 0.29) is 6.61 Å². The van der Waals surface area contributed by atoms with Crippen LogP contribution in [-0.2, 0) is 9.59 Å². The minimum atomic E-state index is -1.14. The number of carbonyl (C=O) groups excluding carboxylic acids is 2. The van der Waals surface area contributed by atoms with E-state index in [4.69, 9.17) is 10.5 Å². The molecular weight excluding hydrogens is 308 g/mol. The van der Waals surface area contributed by atoms with Crippen molar-refractivity contribution in [1.82, 2.24) is 5.32 Å². The topological polar surface area (TPSA) is 102 Å². The fourth-order valence-corrected chi connectivity index (χ4v) is 2.17. The molecule has 0 spiro atoms. The third-order valence-corrected chi connectivity index (χ3v) is 3.44. The number of aliphatic hydroxyl groups is 1. The van der Waals surface area contributed by atoms with Crippen LogP contribution in [0.2, 0.25) is 0 Å². The monoisotopic (exact) mass is 328 g/mol. The lowest BCUT2D eigenvalue weighted by Gasteiger charge is -2.18. The molecule has 0 saturated carbocycles. The molecule has 0 bridgehead atoms. The minimum Gasteiger partial charge on any atom is -0.484 e. The summed E-state index contributed by atoms with van der Waals surface area (Å²) in [6.45, 7) is 1.10. The molecule has 0 heterocycles. The van der Waals surface area contributed by atoms with Crippen molar-refractivity contribution in [3.05, 3.63) is 54.6 Å². The Hall–Kier alpha value is -2.86. The maximum Gasteiger partial charge on any atom is 0.258 e. The molecule has 2 aromatic rings. The lowest BCUT2D eigenvalue weighted by Crippen LogP contribution is -2.51. The summed E-state index contributed by atoms with van der Waals surface area (Å²) in [4.78, 5) is 22.9. The van der Waals surface area contributed by atoms with Crippen LogP contribution in [0.4, 0.5) is 0 Å². The van der Waals surface area contributed by atoms with Crippen molar-refractivity contribution in [2.45, 2.75) is 19.1 Å². The maximum absolute atomic E-state index is 11.8. The summed E-state index contributed by atoms with van der Waals surface area (Å²) in [5.74, 6) is -0.810. The SMILES string of the molecule is CC(O)C(NC(=O)COc1ccc(-c2ccccc2)cc1)C(N)=O. The van der Waals surface area contributed by atoms with Gasteiger partial charge in [0.15, 0.2) is 6.61 Å². The van der Waals surface area contributed by atoms with Crippen molar-refractivity contribution in [3.63, 3.8) is 0 Å². The number of benzene rings is 2. The van der Waals surface area contributed by atoms with Crippen molar-refractivity contribution in [2.24, 2.45) is 5.73 Å².